The topological polar surface area (TPSA) is 80.1 Å². The fourth-order valence-electron chi connectivity index (χ4n) is 2.72. The summed E-state index contributed by atoms with van der Waals surface area (Å²) >= 11 is 0. The van der Waals surface area contributed by atoms with E-state index in [-0.39, 0.29) is 11.8 Å². The van der Waals surface area contributed by atoms with E-state index in [1.807, 2.05) is 29.2 Å². The Morgan fingerprint density at radius 2 is 1.88 bits per heavy atom. The molecule has 0 saturated carbocycles. The number of nitrogens with zero attached hydrogens (tertiary/aromatic N) is 4. The highest BCUT2D eigenvalue weighted by Gasteiger charge is 2.19. The number of amides is 2. The van der Waals surface area contributed by atoms with Gasteiger partial charge in [-0.15, -0.1) is 0 Å². The Morgan fingerprint density at radius 3 is 2.54 bits per heavy atom. The first-order chi connectivity index (χ1) is 11.7. The summed E-state index contributed by atoms with van der Waals surface area (Å²) in [4.78, 5) is 29.8. The Balaban J connectivity index is 1.45. The van der Waals surface area contributed by atoms with Crippen LogP contribution in [0.5, 0.6) is 0 Å². The summed E-state index contributed by atoms with van der Waals surface area (Å²) in [5, 5.41) is 6.82. The van der Waals surface area contributed by atoms with E-state index in [0.29, 0.717) is 25.1 Å². The SMILES string of the molecule is O=C(CCn1cncn1)NCc1ccc(C(=O)N2CCCC2)cc1. The van der Waals surface area contributed by atoms with Gasteiger partial charge in [0.05, 0.1) is 6.54 Å². The summed E-state index contributed by atoms with van der Waals surface area (Å²) in [5.41, 5.74) is 1.68. The molecule has 126 valence electrons. The number of carbonyl (C=O) groups is 2. The van der Waals surface area contributed by atoms with E-state index in [9.17, 15) is 9.59 Å². The van der Waals surface area contributed by atoms with E-state index in [1.165, 1.54) is 6.33 Å². The smallest absolute Gasteiger partial charge is 0.253 e. The van der Waals surface area contributed by atoms with Crippen molar-refractivity contribution in [3.8, 4) is 0 Å². The number of carbonyl (C=O) groups excluding carboxylic acids is 2. The highest BCUT2D eigenvalue weighted by molar-refractivity contribution is 5.94. The van der Waals surface area contributed by atoms with E-state index in [0.717, 1.165) is 31.5 Å². The van der Waals surface area contributed by atoms with Crippen LogP contribution in [0.25, 0.3) is 0 Å². The quantitative estimate of drug-likeness (QED) is 0.865. The molecule has 0 radical (unpaired) electrons. The molecule has 1 aromatic heterocycles. The fraction of sp³-hybridized carbons (Fsp3) is 0.412. The minimum Gasteiger partial charge on any atom is -0.352 e. The highest BCUT2D eigenvalue weighted by atomic mass is 16.2. The number of likely N-dealkylation sites (tertiary alicyclic amines) is 1. The van der Waals surface area contributed by atoms with Crippen LogP contribution in [0.1, 0.15) is 35.2 Å². The molecule has 0 bridgehead atoms. The van der Waals surface area contributed by atoms with Crippen molar-refractivity contribution in [1.29, 1.82) is 0 Å². The molecule has 1 saturated heterocycles. The van der Waals surface area contributed by atoms with Gasteiger partial charge in [-0.1, -0.05) is 12.1 Å². The van der Waals surface area contributed by atoms with E-state index < -0.39 is 0 Å². The van der Waals surface area contributed by atoms with Gasteiger partial charge < -0.3 is 10.2 Å². The molecule has 0 unspecified atom stereocenters. The van der Waals surface area contributed by atoms with Gasteiger partial charge in [0.15, 0.2) is 0 Å². The Hall–Kier alpha value is -2.70. The standard InChI is InChI=1S/C17H21N5O2/c23-16(7-10-22-13-18-12-20-22)19-11-14-3-5-15(6-4-14)17(24)21-8-1-2-9-21/h3-6,12-13H,1-2,7-11H2,(H,19,23). The van der Waals surface area contributed by atoms with Crippen molar-refractivity contribution < 1.29 is 9.59 Å². The number of nitrogens with one attached hydrogen (secondary N) is 1. The van der Waals surface area contributed by atoms with Gasteiger partial charge in [0.1, 0.15) is 12.7 Å². The summed E-state index contributed by atoms with van der Waals surface area (Å²) in [5.74, 6) is 0.0543. The number of benzene rings is 1. The number of aromatic nitrogens is 3. The third-order valence-corrected chi connectivity index (χ3v) is 4.12. The van der Waals surface area contributed by atoms with Crippen molar-refractivity contribution in [3.05, 3.63) is 48.0 Å². The third kappa shape index (κ3) is 4.18. The second-order valence-electron chi connectivity index (χ2n) is 5.88. The fourth-order valence-corrected chi connectivity index (χ4v) is 2.72. The maximum Gasteiger partial charge on any atom is 0.253 e. The normalized spacial score (nSPS) is 13.9. The molecular weight excluding hydrogens is 306 g/mol. The van der Waals surface area contributed by atoms with Crippen molar-refractivity contribution in [2.24, 2.45) is 0 Å². The Bertz CT molecular complexity index is 676. The first-order valence-corrected chi connectivity index (χ1v) is 8.20. The Morgan fingerprint density at radius 1 is 1.12 bits per heavy atom. The van der Waals surface area contributed by atoms with Gasteiger partial charge in [0.2, 0.25) is 5.91 Å². The molecule has 7 nitrogen and oxygen atoms in total. The number of aryl methyl sites for hydroxylation is 1. The summed E-state index contributed by atoms with van der Waals surface area (Å²) in [6.45, 7) is 2.66. The molecule has 3 rings (SSSR count). The minimum absolute atomic E-state index is 0.0391. The lowest BCUT2D eigenvalue weighted by Crippen LogP contribution is -2.27. The average Bonchev–Trinajstić information content (AvgIpc) is 3.31. The van der Waals surface area contributed by atoms with Gasteiger partial charge in [-0.2, -0.15) is 5.10 Å². The molecule has 1 N–H and O–H groups in total. The molecule has 0 spiro atoms. The van der Waals surface area contributed by atoms with E-state index in [4.69, 9.17) is 0 Å². The first-order valence-electron chi connectivity index (χ1n) is 8.20. The van der Waals surface area contributed by atoms with Crippen LogP contribution in [0.3, 0.4) is 0 Å². The van der Waals surface area contributed by atoms with Gasteiger partial charge in [-0.3, -0.25) is 14.3 Å². The maximum atomic E-state index is 12.3. The van der Waals surface area contributed by atoms with Crippen molar-refractivity contribution in [2.45, 2.75) is 32.4 Å². The van der Waals surface area contributed by atoms with Gasteiger partial charge in [0.25, 0.3) is 5.91 Å². The molecule has 1 aliphatic rings. The zero-order chi connectivity index (χ0) is 16.8. The monoisotopic (exact) mass is 327 g/mol. The predicted octanol–water partition coefficient (Wildman–Crippen LogP) is 1.22. The molecule has 0 aliphatic carbocycles. The molecular formula is C17H21N5O2. The molecule has 7 heteroatoms. The van der Waals surface area contributed by atoms with Crippen LogP contribution in [-0.4, -0.2) is 44.6 Å². The van der Waals surface area contributed by atoms with Crippen LogP contribution in [0.4, 0.5) is 0 Å². The van der Waals surface area contributed by atoms with Crippen LogP contribution < -0.4 is 5.32 Å². The molecule has 1 fully saturated rings. The first kappa shape index (κ1) is 16.2. The van der Waals surface area contributed by atoms with E-state index in [1.54, 1.807) is 11.0 Å². The zero-order valence-corrected chi connectivity index (χ0v) is 13.5. The second kappa shape index (κ2) is 7.72. The van der Waals surface area contributed by atoms with Crippen molar-refractivity contribution in [1.82, 2.24) is 25.0 Å². The Labute approximate surface area is 140 Å². The van der Waals surface area contributed by atoms with Gasteiger partial charge >= 0.3 is 0 Å². The lowest BCUT2D eigenvalue weighted by atomic mass is 10.1. The molecule has 2 amide bonds. The predicted molar refractivity (Wildman–Crippen MR) is 88.1 cm³/mol. The largest absolute Gasteiger partial charge is 0.352 e. The summed E-state index contributed by atoms with van der Waals surface area (Å²) in [6.07, 6.45) is 5.57. The molecule has 0 atom stereocenters. The molecule has 1 aliphatic heterocycles. The molecule has 24 heavy (non-hydrogen) atoms. The maximum absolute atomic E-state index is 12.3. The van der Waals surface area contributed by atoms with Crippen molar-refractivity contribution in [3.63, 3.8) is 0 Å². The van der Waals surface area contributed by atoms with Crippen molar-refractivity contribution >= 4 is 11.8 Å². The van der Waals surface area contributed by atoms with E-state index >= 15 is 0 Å². The summed E-state index contributed by atoms with van der Waals surface area (Å²) in [6, 6.07) is 7.44. The molecule has 1 aromatic carbocycles. The summed E-state index contributed by atoms with van der Waals surface area (Å²) in [7, 11) is 0. The number of hydrogen-bond donors (Lipinski definition) is 1. The highest BCUT2D eigenvalue weighted by Crippen LogP contribution is 2.13. The Kier molecular flexibility index (Phi) is 5.20. The van der Waals surface area contributed by atoms with Gasteiger partial charge in [-0.25, -0.2) is 4.98 Å². The van der Waals surface area contributed by atoms with Crippen LogP contribution >= 0.6 is 0 Å². The second-order valence-corrected chi connectivity index (χ2v) is 5.88. The lowest BCUT2D eigenvalue weighted by Gasteiger charge is -2.15. The van der Waals surface area contributed by atoms with Crippen LogP contribution in [0.15, 0.2) is 36.9 Å². The van der Waals surface area contributed by atoms with Crippen LogP contribution in [0.2, 0.25) is 0 Å². The summed E-state index contributed by atoms with van der Waals surface area (Å²) < 4.78 is 1.62. The van der Waals surface area contributed by atoms with Gasteiger partial charge in [0, 0.05) is 31.6 Å². The third-order valence-electron chi connectivity index (χ3n) is 4.12. The van der Waals surface area contributed by atoms with Crippen LogP contribution in [0, 0.1) is 0 Å². The zero-order valence-electron chi connectivity index (χ0n) is 13.5. The van der Waals surface area contributed by atoms with Gasteiger partial charge in [-0.05, 0) is 30.5 Å². The molecule has 2 aromatic rings. The average molecular weight is 327 g/mol. The lowest BCUT2D eigenvalue weighted by molar-refractivity contribution is -0.121. The molecule has 2 heterocycles. The number of rotatable bonds is 6. The van der Waals surface area contributed by atoms with Crippen LogP contribution in [-0.2, 0) is 17.9 Å². The number of hydrogen-bond acceptors (Lipinski definition) is 4. The van der Waals surface area contributed by atoms with E-state index in [2.05, 4.69) is 15.4 Å². The minimum atomic E-state index is -0.0391. The van der Waals surface area contributed by atoms with Crippen molar-refractivity contribution in [2.75, 3.05) is 13.1 Å².